The van der Waals surface area contributed by atoms with Crippen LogP contribution in [0.25, 0.3) is 90.4 Å². The number of halogens is 3. The summed E-state index contributed by atoms with van der Waals surface area (Å²) < 4.78 is 40.6. The standard InChI is InChI=1S/C48H33F3N8/c49-48(50,51)46-57-47(59-58-46)52-28-33-27-40-43(31-17-9-3-10-18-31)38-24-23-36(54-38)41(29-13-5-1-6-14-29)34-21-22-35(53-34)42(30-15-7-2-8-16-30)37-25-26-39(55-37)44(45(33)56-40)32-19-11-4-12-20-32/h1-27,54-55H,28H2,(H2,52,57,58,59). The van der Waals surface area contributed by atoms with Crippen molar-refractivity contribution in [1.29, 1.82) is 0 Å². The summed E-state index contributed by atoms with van der Waals surface area (Å²) in [6.07, 6.45) is 1.46. The summed E-state index contributed by atoms with van der Waals surface area (Å²) in [6, 6.07) is 48.6. The van der Waals surface area contributed by atoms with Gasteiger partial charge >= 0.3 is 6.18 Å². The molecule has 8 bridgehead atoms. The molecule has 0 aliphatic carbocycles. The zero-order valence-electron chi connectivity index (χ0n) is 31.2. The number of anilines is 1. The summed E-state index contributed by atoms with van der Waals surface area (Å²) in [7, 11) is 0. The maximum absolute atomic E-state index is 13.5. The number of hydrogen-bond acceptors (Lipinski definition) is 5. The largest absolute Gasteiger partial charge is 0.451 e. The van der Waals surface area contributed by atoms with Crippen molar-refractivity contribution in [2.75, 3.05) is 11.9 Å². The van der Waals surface area contributed by atoms with Gasteiger partial charge < -0.3 is 20.3 Å². The quantitative estimate of drug-likeness (QED) is 0.129. The highest BCUT2D eigenvalue weighted by atomic mass is 19.4. The molecule has 4 aromatic heterocycles. The van der Waals surface area contributed by atoms with Gasteiger partial charge in [0, 0.05) is 50.9 Å². The molecular weight excluding hydrogens is 746 g/mol. The van der Waals surface area contributed by atoms with E-state index in [0.29, 0.717) is 11.4 Å². The monoisotopic (exact) mass is 778 g/mol. The molecule has 8 nitrogen and oxygen atoms in total. The van der Waals surface area contributed by atoms with Crippen molar-refractivity contribution >= 4 is 51.8 Å². The fourth-order valence-electron chi connectivity index (χ4n) is 7.76. The van der Waals surface area contributed by atoms with Crippen molar-refractivity contribution in [2.45, 2.75) is 6.18 Å². The van der Waals surface area contributed by atoms with Gasteiger partial charge in [-0.2, -0.15) is 13.2 Å². The SMILES string of the molecule is FC(F)(F)c1nnc(NCC2=Cc3nc2c(-c2ccccc2)c2ccc([nH]2)c(-c2ccccc2)c2nc(c(-c4ccccc4)c4ccc([nH]4)c3-c3ccccc3)C=C2)[nH]1. The Hall–Kier alpha value is -7.79. The maximum Gasteiger partial charge on any atom is 0.451 e. The molecule has 2 aliphatic heterocycles. The third-order valence-electron chi connectivity index (χ3n) is 10.4. The molecule has 0 fully saturated rings. The van der Waals surface area contributed by atoms with E-state index in [-0.39, 0.29) is 12.5 Å². The van der Waals surface area contributed by atoms with Gasteiger partial charge in [-0.1, -0.05) is 121 Å². The van der Waals surface area contributed by atoms with Crippen LogP contribution in [0.4, 0.5) is 19.1 Å². The van der Waals surface area contributed by atoms with Gasteiger partial charge in [0.05, 0.1) is 22.8 Å². The lowest BCUT2D eigenvalue weighted by Crippen LogP contribution is -2.08. The molecular formula is C48H33F3N8. The molecule has 59 heavy (non-hydrogen) atoms. The van der Waals surface area contributed by atoms with E-state index in [1.165, 1.54) is 0 Å². The minimum absolute atomic E-state index is 0.0873. The van der Waals surface area contributed by atoms with E-state index in [9.17, 15) is 13.2 Å². The highest BCUT2D eigenvalue weighted by molar-refractivity contribution is 6.02. The van der Waals surface area contributed by atoms with Crippen molar-refractivity contribution in [3.63, 3.8) is 0 Å². The number of nitrogens with zero attached hydrogens (tertiary/aromatic N) is 4. The normalized spacial score (nSPS) is 12.4. The van der Waals surface area contributed by atoms with Crippen LogP contribution < -0.4 is 5.32 Å². The van der Waals surface area contributed by atoms with Gasteiger partial charge in [0.15, 0.2) is 0 Å². The first kappa shape index (κ1) is 35.6. The van der Waals surface area contributed by atoms with E-state index in [1.54, 1.807) is 0 Å². The Morgan fingerprint density at radius 1 is 0.458 bits per heavy atom. The Morgan fingerprint density at radius 2 is 0.881 bits per heavy atom. The number of rotatable bonds is 7. The zero-order valence-corrected chi connectivity index (χ0v) is 31.2. The van der Waals surface area contributed by atoms with Crippen molar-refractivity contribution in [3.8, 4) is 44.5 Å². The summed E-state index contributed by atoms with van der Waals surface area (Å²) >= 11 is 0. The molecule has 4 aromatic carbocycles. The summed E-state index contributed by atoms with van der Waals surface area (Å²) in [5.41, 5.74) is 14.3. The Balaban J connectivity index is 1.34. The predicted molar refractivity (Wildman–Crippen MR) is 229 cm³/mol. The molecule has 8 aromatic rings. The van der Waals surface area contributed by atoms with Gasteiger partial charge in [-0.3, -0.25) is 0 Å². The Kier molecular flexibility index (Phi) is 8.82. The molecule has 286 valence electrons. The van der Waals surface area contributed by atoms with Gasteiger partial charge in [0.1, 0.15) is 0 Å². The van der Waals surface area contributed by atoms with Crippen LogP contribution in [-0.4, -0.2) is 41.7 Å². The molecule has 6 heterocycles. The lowest BCUT2D eigenvalue weighted by atomic mass is 9.99. The van der Waals surface area contributed by atoms with E-state index in [2.05, 4.69) is 85.1 Å². The smallest absolute Gasteiger partial charge is 0.354 e. The lowest BCUT2D eigenvalue weighted by molar-refractivity contribution is -0.144. The number of benzene rings is 4. The number of nitrogens with one attached hydrogen (secondary N) is 4. The molecule has 0 saturated carbocycles. The van der Waals surface area contributed by atoms with Gasteiger partial charge in [0.2, 0.25) is 11.8 Å². The topological polar surface area (TPSA) is 111 Å². The van der Waals surface area contributed by atoms with E-state index < -0.39 is 12.0 Å². The van der Waals surface area contributed by atoms with Crippen LogP contribution in [0.1, 0.15) is 28.6 Å². The van der Waals surface area contributed by atoms with Crippen LogP contribution in [0, 0.1) is 0 Å². The van der Waals surface area contributed by atoms with E-state index in [4.69, 9.17) is 9.97 Å². The fraction of sp³-hybridized carbons (Fsp3) is 0.0417. The molecule has 2 aliphatic rings. The number of aromatic nitrogens is 7. The first-order valence-electron chi connectivity index (χ1n) is 19.0. The number of fused-ring (bicyclic) bond motifs is 8. The van der Waals surface area contributed by atoms with E-state index in [0.717, 1.165) is 83.5 Å². The highest BCUT2D eigenvalue weighted by Crippen LogP contribution is 2.40. The summed E-state index contributed by atoms with van der Waals surface area (Å²) in [4.78, 5) is 20.6. The lowest BCUT2D eigenvalue weighted by Gasteiger charge is -2.10. The first-order valence-corrected chi connectivity index (χ1v) is 19.0. The Morgan fingerprint density at radius 3 is 1.32 bits per heavy atom. The minimum Gasteiger partial charge on any atom is -0.354 e. The van der Waals surface area contributed by atoms with Crippen LogP contribution in [-0.2, 0) is 6.18 Å². The van der Waals surface area contributed by atoms with Crippen LogP contribution >= 0.6 is 0 Å². The summed E-state index contributed by atoms with van der Waals surface area (Å²) in [5, 5.41) is 10.1. The molecule has 0 saturated heterocycles. The van der Waals surface area contributed by atoms with Crippen molar-refractivity contribution < 1.29 is 13.2 Å². The molecule has 0 radical (unpaired) electrons. The molecule has 0 atom stereocenters. The molecule has 4 N–H and O–H groups in total. The highest BCUT2D eigenvalue weighted by Gasteiger charge is 2.35. The molecule has 11 heteroatoms. The number of aromatic amines is 3. The molecule has 10 rings (SSSR count). The zero-order chi connectivity index (χ0) is 39.9. The number of hydrogen-bond donors (Lipinski definition) is 4. The predicted octanol–water partition coefficient (Wildman–Crippen LogP) is 11.9. The van der Waals surface area contributed by atoms with Gasteiger partial charge in [-0.25, -0.2) is 9.97 Å². The van der Waals surface area contributed by atoms with Crippen molar-refractivity contribution in [3.05, 3.63) is 174 Å². The molecule has 0 amide bonds. The minimum atomic E-state index is -4.67. The third kappa shape index (κ3) is 6.78. The van der Waals surface area contributed by atoms with Crippen molar-refractivity contribution in [1.82, 2.24) is 35.1 Å². The molecule has 0 unspecified atom stereocenters. The van der Waals surface area contributed by atoms with Crippen LogP contribution in [0.3, 0.4) is 0 Å². The summed E-state index contributed by atoms with van der Waals surface area (Å²) in [5.74, 6) is -1.29. The Labute approximate surface area is 335 Å². The van der Waals surface area contributed by atoms with Crippen LogP contribution in [0.2, 0.25) is 0 Å². The average Bonchev–Trinajstić information content (AvgIpc) is 4.12. The third-order valence-corrected chi connectivity index (χ3v) is 10.4. The first-order chi connectivity index (χ1) is 28.9. The second-order valence-corrected chi connectivity index (χ2v) is 14.1. The fourth-order valence-corrected chi connectivity index (χ4v) is 7.76. The summed E-state index contributed by atoms with van der Waals surface area (Å²) in [6.45, 7) is 0.0873. The van der Waals surface area contributed by atoms with Gasteiger partial charge in [-0.05, 0) is 70.3 Å². The molecule has 0 spiro atoms. The average molecular weight is 779 g/mol. The number of H-pyrrole nitrogens is 3. The Bertz CT molecular complexity index is 3070. The van der Waals surface area contributed by atoms with E-state index in [1.807, 2.05) is 109 Å². The number of alkyl halides is 3. The van der Waals surface area contributed by atoms with Gasteiger partial charge in [-0.15, -0.1) is 10.2 Å². The second kappa shape index (κ2) is 14.6. The van der Waals surface area contributed by atoms with Crippen LogP contribution in [0.15, 0.2) is 146 Å². The van der Waals surface area contributed by atoms with Crippen LogP contribution in [0.5, 0.6) is 0 Å². The maximum atomic E-state index is 13.5. The van der Waals surface area contributed by atoms with E-state index >= 15 is 0 Å². The second-order valence-electron chi connectivity index (χ2n) is 14.1. The van der Waals surface area contributed by atoms with Gasteiger partial charge in [0.25, 0.3) is 0 Å². The van der Waals surface area contributed by atoms with Crippen molar-refractivity contribution in [2.24, 2.45) is 0 Å².